The predicted octanol–water partition coefficient (Wildman–Crippen LogP) is 2.02. The van der Waals surface area contributed by atoms with Crippen LogP contribution in [-0.4, -0.2) is 37.1 Å². The molecule has 0 saturated carbocycles. The Morgan fingerprint density at radius 1 is 0.846 bits per heavy atom. The van der Waals surface area contributed by atoms with Gasteiger partial charge in [-0.3, -0.25) is 9.59 Å². The molecule has 2 aliphatic heterocycles. The Balaban J connectivity index is 1.88. The molecule has 0 fully saturated rings. The van der Waals surface area contributed by atoms with Crippen molar-refractivity contribution in [1.82, 2.24) is 0 Å². The summed E-state index contributed by atoms with van der Waals surface area (Å²) in [5.74, 6) is -2.18. The number of esters is 4. The SMILES string of the molecule is CCOC(=O)C[C@@H]1OC(=O)c2cc3c(cc21)C(=O)O[C@H]3CC(=O)OCC. The van der Waals surface area contributed by atoms with Crippen LogP contribution in [0, 0.1) is 0 Å². The van der Waals surface area contributed by atoms with E-state index in [2.05, 4.69) is 0 Å². The normalized spacial score (nSPS) is 20.1. The van der Waals surface area contributed by atoms with Crippen molar-refractivity contribution in [3.05, 3.63) is 34.4 Å². The van der Waals surface area contributed by atoms with Gasteiger partial charge >= 0.3 is 23.9 Å². The van der Waals surface area contributed by atoms with Gasteiger partial charge in [-0.05, 0) is 26.0 Å². The van der Waals surface area contributed by atoms with Crippen molar-refractivity contribution >= 4 is 23.9 Å². The zero-order valence-electron chi connectivity index (χ0n) is 14.4. The monoisotopic (exact) mass is 362 g/mol. The number of fused-ring (bicyclic) bond motifs is 2. The molecule has 0 bridgehead atoms. The number of carbonyl (C=O) groups is 4. The summed E-state index contributed by atoms with van der Waals surface area (Å²) in [4.78, 5) is 47.7. The van der Waals surface area contributed by atoms with Gasteiger partial charge in [-0.1, -0.05) is 0 Å². The van der Waals surface area contributed by atoms with Gasteiger partial charge in [-0.2, -0.15) is 0 Å². The summed E-state index contributed by atoms with van der Waals surface area (Å²) in [7, 11) is 0. The van der Waals surface area contributed by atoms with Crippen molar-refractivity contribution in [2.24, 2.45) is 0 Å². The lowest BCUT2D eigenvalue weighted by Gasteiger charge is -2.11. The third-order valence-corrected chi connectivity index (χ3v) is 4.17. The van der Waals surface area contributed by atoms with Crippen LogP contribution in [0.15, 0.2) is 12.1 Å². The predicted molar refractivity (Wildman–Crippen MR) is 85.3 cm³/mol. The zero-order valence-corrected chi connectivity index (χ0v) is 14.4. The van der Waals surface area contributed by atoms with Crippen LogP contribution in [0.2, 0.25) is 0 Å². The maximum absolute atomic E-state index is 12.1. The number of cyclic esters (lactones) is 2. The molecule has 138 valence electrons. The van der Waals surface area contributed by atoms with Crippen LogP contribution in [0.4, 0.5) is 0 Å². The van der Waals surface area contributed by atoms with E-state index in [1.165, 1.54) is 12.1 Å². The number of carbonyl (C=O) groups excluding carboxylic acids is 4. The topological polar surface area (TPSA) is 105 Å². The van der Waals surface area contributed by atoms with Gasteiger partial charge in [0.15, 0.2) is 0 Å². The minimum Gasteiger partial charge on any atom is -0.466 e. The Bertz CT molecular complexity index is 716. The number of benzene rings is 1. The van der Waals surface area contributed by atoms with Gasteiger partial charge in [-0.25, -0.2) is 9.59 Å². The van der Waals surface area contributed by atoms with Crippen molar-refractivity contribution in [1.29, 1.82) is 0 Å². The lowest BCUT2D eigenvalue weighted by molar-refractivity contribution is -0.146. The van der Waals surface area contributed by atoms with Crippen LogP contribution in [0.3, 0.4) is 0 Å². The van der Waals surface area contributed by atoms with E-state index >= 15 is 0 Å². The van der Waals surface area contributed by atoms with Crippen molar-refractivity contribution < 1.29 is 38.1 Å². The molecule has 0 spiro atoms. The fourth-order valence-electron chi connectivity index (χ4n) is 3.08. The lowest BCUT2D eigenvalue weighted by Crippen LogP contribution is -2.10. The van der Waals surface area contributed by atoms with Crippen LogP contribution in [0.5, 0.6) is 0 Å². The molecule has 0 aromatic heterocycles. The van der Waals surface area contributed by atoms with Gasteiger partial charge in [0.1, 0.15) is 12.2 Å². The smallest absolute Gasteiger partial charge is 0.339 e. The van der Waals surface area contributed by atoms with E-state index < -0.39 is 36.1 Å². The summed E-state index contributed by atoms with van der Waals surface area (Å²) in [5.41, 5.74) is 1.39. The molecule has 0 amide bonds. The third-order valence-electron chi connectivity index (χ3n) is 4.17. The number of hydrogen-bond acceptors (Lipinski definition) is 8. The van der Waals surface area contributed by atoms with Crippen LogP contribution in [0.25, 0.3) is 0 Å². The molecule has 8 nitrogen and oxygen atoms in total. The maximum Gasteiger partial charge on any atom is 0.339 e. The number of rotatable bonds is 6. The molecular formula is C18H18O8. The second-order valence-electron chi connectivity index (χ2n) is 5.83. The first-order chi connectivity index (χ1) is 12.4. The minimum absolute atomic E-state index is 0.132. The Morgan fingerprint density at radius 2 is 1.23 bits per heavy atom. The molecule has 2 aliphatic rings. The molecule has 0 radical (unpaired) electrons. The van der Waals surface area contributed by atoms with Crippen molar-refractivity contribution in [3.8, 4) is 0 Å². The van der Waals surface area contributed by atoms with Crippen LogP contribution in [-0.2, 0) is 28.5 Å². The van der Waals surface area contributed by atoms with Crippen LogP contribution >= 0.6 is 0 Å². The summed E-state index contributed by atoms with van der Waals surface area (Å²) in [6, 6.07) is 2.99. The summed E-state index contributed by atoms with van der Waals surface area (Å²) < 4.78 is 20.2. The van der Waals surface area contributed by atoms with Gasteiger partial charge in [0.2, 0.25) is 0 Å². The molecular weight excluding hydrogens is 344 g/mol. The first-order valence-corrected chi connectivity index (χ1v) is 8.35. The zero-order chi connectivity index (χ0) is 18.8. The lowest BCUT2D eigenvalue weighted by atomic mass is 9.94. The molecule has 8 heteroatoms. The van der Waals surface area contributed by atoms with E-state index in [1.54, 1.807) is 13.8 Å². The van der Waals surface area contributed by atoms with Gasteiger partial charge in [0.05, 0.1) is 37.2 Å². The van der Waals surface area contributed by atoms with E-state index in [1.807, 2.05) is 0 Å². The number of hydrogen-bond donors (Lipinski definition) is 0. The van der Waals surface area contributed by atoms with Crippen molar-refractivity contribution in [2.45, 2.75) is 38.9 Å². The summed E-state index contributed by atoms with van der Waals surface area (Å²) in [6.07, 6.45) is -1.88. The number of ether oxygens (including phenoxy) is 4. The van der Waals surface area contributed by atoms with Gasteiger partial charge in [0.25, 0.3) is 0 Å². The quantitative estimate of drug-likeness (QED) is 0.559. The molecule has 0 saturated heterocycles. The largest absolute Gasteiger partial charge is 0.466 e. The fraction of sp³-hybridized carbons (Fsp3) is 0.444. The molecule has 0 unspecified atom stereocenters. The van der Waals surface area contributed by atoms with E-state index in [9.17, 15) is 19.2 Å². The maximum atomic E-state index is 12.1. The highest BCUT2D eigenvalue weighted by Crippen LogP contribution is 2.41. The third kappa shape index (κ3) is 3.26. The standard InChI is InChI=1S/C18H18O8/c1-3-23-15(19)7-13-9-5-12-10(6-11(9)17(21)25-13)14(26-18(12)22)8-16(20)24-4-2/h5-6,13-14H,3-4,7-8H2,1-2H3/t13-,14-/m0/s1. The van der Waals surface area contributed by atoms with E-state index in [-0.39, 0.29) is 37.2 Å². The summed E-state index contributed by atoms with van der Waals surface area (Å²) in [5, 5.41) is 0. The van der Waals surface area contributed by atoms with Crippen LogP contribution < -0.4 is 0 Å². The average molecular weight is 362 g/mol. The Kier molecular flexibility index (Phi) is 4.92. The first-order valence-electron chi connectivity index (χ1n) is 8.35. The second-order valence-corrected chi connectivity index (χ2v) is 5.83. The van der Waals surface area contributed by atoms with E-state index in [4.69, 9.17) is 18.9 Å². The Labute approximate surface area is 149 Å². The average Bonchev–Trinajstić information content (AvgIpc) is 3.04. The highest BCUT2D eigenvalue weighted by Gasteiger charge is 2.40. The minimum atomic E-state index is -0.807. The van der Waals surface area contributed by atoms with Gasteiger partial charge in [-0.15, -0.1) is 0 Å². The second kappa shape index (κ2) is 7.15. The van der Waals surface area contributed by atoms with Gasteiger partial charge < -0.3 is 18.9 Å². The summed E-state index contributed by atoms with van der Waals surface area (Å²) >= 11 is 0. The first kappa shape index (κ1) is 17.9. The van der Waals surface area contributed by atoms with Crippen molar-refractivity contribution in [3.63, 3.8) is 0 Å². The summed E-state index contributed by atoms with van der Waals surface area (Å²) in [6.45, 7) is 3.80. The highest BCUT2D eigenvalue weighted by molar-refractivity contribution is 6.00. The highest BCUT2D eigenvalue weighted by atomic mass is 16.6. The van der Waals surface area contributed by atoms with E-state index in [0.29, 0.717) is 11.1 Å². The molecule has 2 heterocycles. The Hall–Kier alpha value is -2.90. The fourth-order valence-corrected chi connectivity index (χ4v) is 3.08. The van der Waals surface area contributed by atoms with Crippen molar-refractivity contribution in [2.75, 3.05) is 13.2 Å². The Morgan fingerprint density at radius 3 is 1.58 bits per heavy atom. The molecule has 1 aromatic carbocycles. The van der Waals surface area contributed by atoms with Crippen LogP contribution in [0.1, 0.15) is 70.7 Å². The molecule has 0 aliphatic carbocycles. The molecule has 2 atom stereocenters. The molecule has 26 heavy (non-hydrogen) atoms. The molecule has 0 N–H and O–H groups in total. The van der Waals surface area contributed by atoms with Gasteiger partial charge in [0, 0.05) is 11.1 Å². The van der Waals surface area contributed by atoms with E-state index in [0.717, 1.165) is 0 Å². The molecule has 3 rings (SSSR count). The molecule has 1 aromatic rings.